The summed E-state index contributed by atoms with van der Waals surface area (Å²) in [5, 5.41) is 4.93. The third kappa shape index (κ3) is 4.73. The standard InChI is InChI=1S/C20H24N4O5S2/c1-14-13-30-20(21-14)22-18(25)11-24-16-10-15(6-7-17(16)29-12-19(24)26)31(27,28)23-8-4-2-3-5-9-23/h6-7,10,13H,2-5,8-9,11-12H2,1H3,(H,21,22,25). The van der Waals surface area contributed by atoms with Gasteiger partial charge in [0.15, 0.2) is 11.7 Å². The van der Waals surface area contributed by atoms with Gasteiger partial charge in [-0.15, -0.1) is 11.3 Å². The Bertz CT molecular complexity index is 1090. The van der Waals surface area contributed by atoms with Crippen molar-refractivity contribution in [1.29, 1.82) is 0 Å². The number of carbonyl (C=O) groups excluding carboxylic acids is 2. The molecule has 0 unspecified atom stereocenters. The summed E-state index contributed by atoms with van der Waals surface area (Å²) in [6.07, 6.45) is 3.68. The molecule has 0 saturated carbocycles. The van der Waals surface area contributed by atoms with Gasteiger partial charge in [-0.3, -0.25) is 14.5 Å². The summed E-state index contributed by atoms with van der Waals surface area (Å²) < 4.78 is 33.3. The number of ether oxygens (including phenoxy) is 1. The molecule has 0 atom stereocenters. The number of fused-ring (bicyclic) bond motifs is 1. The van der Waals surface area contributed by atoms with Crippen LogP contribution in [0.1, 0.15) is 31.4 Å². The average Bonchev–Trinajstić information content (AvgIpc) is 2.97. The van der Waals surface area contributed by atoms with E-state index in [-0.39, 0.29) is 23.7 Å². The molecule has 2 amide bonds. The number of rotatable bonds is 5. The summed E-state index contributed by atoms with van der Waals surface area (Å²) >= 11 is 1.29. The molecule has 0 radical (unpaired) electrons. The van der Waals surface area contributed by atoms with Crippen LogP contribution in [0.2, 0.25) is 0 Å². The minimum Gasteiger partial charge on any atom is -0.482 e. The van der Waals surface area contributed by atoms with Crippen molar-refractivity contribution >= 4 is 44.0 Å². The number of nitrogens with one attached hydrogen (secondary N) is 1. The Kier molecular flexibility index (Phi) is 6.26. The monoisotopic (exact) mass is 464 g/mol. The normalized spacial score (nSPS) is 17.6. The zero-order valence-electron chi connectivity index (χ0n) is 17.2. The molecule has 11 heteroatoms. The maximum absolute atomic E-state index is 13.2. The van der Waals surface area contributed by atoms with E-state index in [0.29, 0.717) is 24.0 Å². The first-order valence-corrected chi connectivity index (χ1v) is 12.5. The van der Waals surface area contributed by atoms with E-state index in [1.807, 2.05) is 12.3 Å². The smallest absolute Gasteiger partial charge is 0.265 e. The van der Waals surface area contributed by atoms with Crippen LogP contribution in [0.3, 0.4) is 0 Å². The lowest BCUT2D eigenvalue weighted by Crippen LogP contribution is -2.43. The molecule has 1 saturated heterocycles. The summed E-state index contributed by atoms with van der Waals surface area (Å²) in [5.74, 6) is -0.467. The van der Waals surface area contributed by atoms with Gasteiger partial charge in [0.25, 0.3) is 5.91 Å². The molecule has 1 N–H and O–H groups in total. The molecule has 2 aliphatic rings. The molecular formula is C20H24N4O5S2. The molecule has 9 nitrogen and oxygen atoms in total. The molecule has 2 aliphatic heterocycles. The third-order valence-electron chi connectivity index (χ3n) is 5.24. The van der Waals surface area contributed by atoms with E-state index >= 15 is 0 Å². The molecule has 1 fully saturated rings. The maximum atomic E-state index is 13.2. The van der Waals surface area contributed by atoms with Crippen molar-refractivity contribution in [3.05, 3.63) is 29.3 Å². The number of aryl methyl sites for hydroxylation is 1. The molecule has 2 aromatic rings. The van der Waals surface area contributed by atoms with E-state index in [0.717, 1.165) is 31.4 Å². The third-order valence-corrected chi connectivity index (χ3v) is 8.01. The van der Waals surface area contributed by atoms with Crippen molar-refractivity contribution < 1.29 is 22.7 Å². The number of aromatic nitrogens is 1. The van der Waals surface area contributed by atoms with Gasteiger partial charge < -0.3 is 10.1 Å². The largest absolute Gasteiger partial charge is 0.482 e. The van der Waals surface area contributed by atoms with Crippen molar-refractivity contribution in [1.82, 2.24) is 9.29 Å². The number of hydrogen-bond acceptors (Lipinski definition) is 7. The molecule has 1 aromatic carbocycles. The number of hydrogen-bond donors (Lipinski definition) is 1. The summed E-state index contributed by atoms with van der Waals surface area (Å²) in [6, 6.07) is 4.46. The Morgan fingerprint density at radius 1 is 1.23 bits per heavy atom. The highest BCUT2D eigenvalue weighted by molar-refractivity contribution is 7.89. The Morgan fingerprint density at radius 3 is 2.65 bits per heavy atom. The maximum Gasteiger partial charge on any atom is 0.265 e. The SMILES string of the molecule is Cc1csc(NC(=O)CN2C(=O)COc3ccc(S(=O)(=O)N4CCCCCC4)cc32)n1. The van der Waals surface area contributed by atoms with Crippen LogP contribution in [0.4, 0.5) is 10.8 Å². The van der Waals surface area contributed by atoms with Gasteiger partial charge in [-0.25, -0.2) is 13.4 Å². The Balaban J connectivity index is 1.59. The highest BCUT2D eigenvalue weighted by atomic mass is 32.2. The quantitative estimate of drug-likeness (QED) is 0.728. The van der Waals surface area contributed by atoms with Crippen molar-refractivity contribution in [2.24, 2.45) is 0 Å². The van der Waals surface area contributed by atoms with E-state index < -0.39 is 21.8 Å². The fourth-order valence-corrected chi connectivity index (χ4v) is 5.90. The Labute approximate surface area is 185 Å². The zero-order chi connectivity index (χ0) is 22.0. The minimum absolute atomic E-state index is 0.0902. The van der Waals surface area contributed by atoms with Gasteiger partial charge in [-0.05, 0) is 38.0 Å². The molecule has 166 valence electrons. The van der Waals surface area contributed by atoms with Crippen molar-refractivity contribution in [2.45, 2.75) is 37.5 Å². The first kappa shape index (κ1) is 21.7. The second-order valence-corrected chi connectivity index (χ2v) is 10.4. The van der Waals surface area contributed by atoms with Gasteiger partial charge in [0.05, 0.1) is 16.3 Å². The van der Waals surface area contributed by atoms with Crippen LogP contribution in [-0.4, -0.2) is 55.8 Å². The average molecular weight is 465 g/mol. The molecule has 1 aromatic heterocycles. The van der Waals surface area contributed by atoms with Gasteiger partial charge in [-0.2, -0.15) is 4.31 Å². The van der Waals surface area contributed by atoms with Crippen LogP contribution >= 0.6 is 11.3 Å². The first-order chi connectivity index (χ1) is 14.8. The molecule has 3 heterocycles. The van der Waals surface area contributed by atoms with Crippen LogP contribution in [0, 0.1) is 6.92 Å². The highest BCUT2D eigenvalue weighted by Crippen LogP contribution is 2.35. The lowest BCUT2D eigenvalue weighted by Gasteiger charge is -2.29. The van der Waals surface area contributed by atoms with Gasteiger partial charge in [0, 0.05) is 18.5 Å². The number of amides is 2. The van der Waals surface area contributed by atoms with Crippen molar-refractivity contribution in [3.8, 4) is 5.75 Å². The predicted octanol–water partition coefficient (Wildman–Crippen LogP) is 2.38. The number of benzene rings is 1. The van der Waals surface area contributed by atoms with Gasteiger partial charge in [-0.1, -0.05) is 12.8 Å². The highest BCUT2D eigenvalue weighted by Gasteiger charge is 2.31. The summed E-state index contributed by atoms with van der Waals surface area (Å²) in [6.45, 7) is 2.30. The second-order valence-electron chi connectivity index (χ2n) is 7.56. The summed E-state index contributed by atoms with van der Waals surface area (Å²) in [5.41, 5.74) is 1.06. The number of nitrogens with zero attached hydrogens (tertiary/aromatic N) is 3. The van der Waals surface area contributed by atoms with Crippen LogP contribution in [-0.2, 0) is 19.6 Å². The fourth-order valence-electron chi connectivity index (χ4n) is 3.66. The Hall–Kier alpha value is -2.50. The predicted molar refractivity (Wildman–Crippen MR) is 117 cm³/mol. The van der Waals surface area contributed by atoms with E-state index in [1.165, 1.54) is 32.7 Å². The van der Waals surface area contributed by atoms with E-state index in [4.69, 9.17) is 4.74 Å². The van der Waals surface area contributed by atoms with Crippen molar-refractivity contribution in [2.75, 3.05) is 36.5 Å². The number of anilines is 2. The van der Waals surface area contributed by atoms with Crippen LogP contribution in [0.5, 0.6) is 5.75 Å². The van der Waals surface area contributed by atoms with E-state index in [9.17, 15) is 18.0 Å². The van der Waals surface area contributed by atoms with E-state index in [1.54, 1.807) is 6.07 Å². The van der Waals surface area contributed by atoms with Crippen LogP contribution in [0.25, 0.3) is 0 Å². The fraction of sp³-hybridized carbons (Fsp3) is 0.450. The van der Waals surface area contributed by atoms with Crippen molar-refractivity contribution in [3.63, 3.8) is 0 Å². The Morgan fingerprint density at radius 2 is 1.97 bits per heavy atom. The summed E-state index contributed by atoms with van der Waals surface area (Å²) in [4.78, 5) is 30.5. The lowest BCUT2D eigenvalue weighted by atomic mass is 10.2. The van der Waals surface area contributed by atoms with Gasteiger partial charge in [0.2, 0.25) is 15.9 Å². The topological polar surface area (TPSA) is 109 Å². The lowest BCUT2D eigenvalue weighted by molar-refractivity contribution is -0.123. The number of thiazole rings is 1. The molecule has 31 heavy (non-hydrogen) atoms. The zero-order valence-corrected chi connectivity index (χ0v) is 18.8. The molecule has 0 spiro atoms. The van der Waals surface area contributed by atoms with Gasteiger partial charge >= 0.3 is 0 Å². The number of sulfonamides is 1. The molecular weight excluding hydrogens is 440 g/mol. The molecule has 4 rings (SSSR count). The summed E-state index contributed by atoms with van der Waals surface area (Å²) in [7, 11) is -3.70. The molecule has 0 aliphatic carbocycles. The number of carbonyl (C=O) groups is 2. The van der Waals surface area contributed by atoms with Crippen LogP contribution in [0.15, 0.2) is 28.5 Å². The molecule has 0 bridgehead atoms. The van der Waals surface area contributed by atoms with Crippen LogP contribution < -0.4 is 15.0 Å². The first-order valence-electron chi connectivity index (χ1n) is 10.1. The minimum atomic E-state index is -3.70. The van der Waals surface area contributed by atoms with E-state index in [2.05, 4.69) is 10.3 Å². The van der Waals surface area contributed by atoms with Gasteiger partial charge in [0.1, 0.15) is 12.3 Å². The second kappa shape index (κ2) is 8.93.